The van der Waals surface area contributed by atoms with Gasteiger partial charge in [0.1, 0.15) is 5.84 Å². The van der Waals surface area contributed by atoms with Gasteiger partial charge in [-0.05, 0) is 6.42 Å². The second-order valence-corrected chi connectivity index (χ2v) is 1.83. The average molecular weight is 116 g/mol. The van der Waals surface area contributed by atoms with E-state index in [1.54, 1.807) is 0 Å². The Balaban J connectivity index is 3.63. The summed E-state index contributed by atoms with van der Waals surface area (Å²) < 4.78 is 0. The van der Waals surface area contributed by atoms with E-state index in [1.807, 2.05) is 13.8 Å². The molecule has 0 aromatic carbocycles. The predicted octanol–water partition coefficient (Wildman–Crippen LogP) is 0.779. The molecule has 3 N–H and O–H groups in total. The van der Waals surface area contributed by atoms with Gasteiger partial charge in [-0.3, -0.25) is 0 Å². The molecule has 0 heterocycles. The number of hydrogen-bond donors (Lipinski definition) is 2. The first-order valence-electron chi connectivity index (χ1n) is 2.69. The zero-order valence-corrected chi connectivity index (χ0v) is 5.26. The van der Waals surface area contributed by atoms with E-state index in [2.05, 4.69) is 5.16 Å². The van der Waals surface area contributed by atoms with Crippen molar-refractivity contribution >= 4 is 5.84 Å². The van der Waals surface area contributed by atoms with Crippen molar-refractivity contribution in [3.8, 4) is 0 Å². The second kappa shape index (κ2) is 3.29. The summed E-state index contributed by atoms with van der Waals surface area (Å²) >= 11 is 0. The van der Waals surface area contributed by atoms with Gasteiger partial charge in [-0.25, -0.2) is 0 Å². The van der Waals surface area contributed by atoms with E-state index >= 15 is 0 Å². The Morgan fingerprint density at radius 1 is 1.88 bits per heavy atom. The SMILES string of the molecule is CC[C@H](C)/C(N)=N\O. The summed E-state index contributed by atoms with van der Waals surface area (Å²) in [5.41, 5.74) is 5.23. The fourth-order valence-corrected chi connectivity index (χ4v) is 0.308. The Morgan fingerprint density at radius 2 is 2.38 bits per heavy atom. The molecule has 0 bridgehead atoms. The van der Waals surface area contributed by atoms with Crippen molar-refractivity contribution in [3.05, 3.63) is 0 Å². The summed E-state index contributed by atoms with van der Waals surface area (Å²) in [6.07, 6.45) is 0.913. The average Bonchev–Trinajstić information content (AvgIpc) is 1.84. The Morgan fingerprint density at radius 3 is 2.50 bits per heavy atom. The van der Waals surface area contributed by atoms with Gasteiger partial charge in [-0.15, -0.1) is 0 Å². The van der Waals surface area contributed by atoms with E-state index in [0.717, 1.165) is 6.42 Å². The van der Waals surface area contributed by atoms with Crippen LogP contribution in [0.15, 0.2) is 5.16 Å². The number of oxime groups is 1. The van der Waals surface area contributed by atoms with E-state index in [0.29, 0.717) is 5.84 Å². The molecule has 3 nitrogen and oxygen atoms in total. The monoisotopic (exact) mass is 116 g/mol. The van der Waals surface area contributed by atoms with E-state index in [-0.39, 0.29) is 5.92 Å². The summed E-state index contributed by atoms with van der Waals surface area (Å²) in [6.45, 7) is 3.90. The maximum absolute atomic E-state index is 8.10. The second-order valence-electron chi connectivity index (χ2n) is 1.83. The lowest BCUT2D eigenvalue weighted by molar-refractivity contribution is 0.314. The van der Waals surface area contributed by atoms with Gasteiger partial charge in [0.15, 0.2) is 0 Å². The molecule has 0 aromatic rings. The summed E-state index contributed by atoms with van der Waals surface area (Å²) in [6, 6.07) is 0. The Labute approximate surface area is 49.2 Å². The summed E-state index contributed by atoms with van der Waals surface area (Å²) in [5.74, 6) is 0.507. The number of nitrogens with zero attached hydrogens (tertiary/aromatic N) is 1. The van der Waals surface area contributed by atoms with E-state index < -0.39 is 0 Å². The van der Waals surface area contributed by atoms with Gasteiger partial charge in [-0.2, -0.15) is 0 Å². The quantitative estimate of drug-likeness (QED) is 0.242. The maximum atomic E-state index is 8.10. The molecule has 0 fully saturated rings. The van der Waals surface area contributed by atoms with Gasteiger partial charge in [0.2, 0.25) is 0 Å². The fourth-order valence-electron chi connectivity index (χ4n) is 0.308. The predicted molar refractivity (Wildman–Crippen MR) is 32.9 cm³/mol. The Kier molecular flexibility index (Phi) is 2.99. The van der Waals surface area contributed by atoms with Crippen molar-refractivity contribution in [2.45, 2.75) is 20.3 Å². The van der Waals surface area contributed by atoms with Crippen molar-refractivity contribution in [3.63, 3.8) is 0 Å². The number of rotatable bonds is 2. The molecule has 0 aromatic heterocycles. The van der Waals surface area contributed by atoms with Gasteiger partial charge in [0.05, 0.1) is 0 Å². The molecule has 0 unspecified atom stereocenters. The molecule has 3 heteroatoms. The van der Waals surface area contributed by atoms with Crippen LogP contribution < -0.4 is 5.73 Å². The first kappa shape index (κ1) is 7.27. The molecule has 0 aliphatic rings. The largest absolute Gasteiger partial charge is 0.409 e. The highest BCUT2D eigenvalue weighted by Gasteiger charge is 2.01. The maximum Gasteiger partial charge on any atom is 0.141 e. The zero-order chi connectivity index (χ0) is 6.57. The third-order valence-electron chi connectivity index (χ3n) is 1.23. The van der Waals surface area contributed by atoms with Crippen LogP contribution >= 0.6 is 0 Å². The van der Waals surface area contributed by atoms with E-state index in [4.69, 9.17) is 10.9 Å². The normalized spacial score (nSPS) is 16.0. The minimum absolute atomic E-state index is 0.194. The van der Waals surface area contributed by atoms with Crippen LogP contribution in [0.4, 0.5) is 0 Å². The summed E-state index contributed by atoms with van der Waals surface area (Å²) in [4.78, 5) is 0. The smallest absolute Gasteiger partial charge is 0.141 e. The molecule has 0 spiro atoms. The van der Waals surface area contributed by atoms with Crippen molar-refractivity contribution < 1.29 is 5.21 Å². The van der Waals surface area contributed by atoms with Crippen LogP contribution in [-0.2, 0) is 0 Å². The molecule has 0 rings (SSSR count). The van der Waals surface area contributed by atoms with Crippen molar-refractivity contribution in [2.75, 3.05) is 0 Å². The topological polar surface area (TPSA) is 58.6 Å². The van der Waals surface area contributed by atoms with Gasteiger partial charge in [0, 0.05) is 5.92 Å². The van der Waals surface area contributed by atoms with Crippen LogP contribution in [-0.4, -0.2) is 11.0 Å². The Bertz CT molecular complexity index is 90.4. The summed E-state index contributed by atoms with van der Waals surface area (Å²) in [5, 5.41) is 11.0. The lowest BCUT2D eigenvalue weighted by Crippen LogP contribution is -2.20. The molecule has 0 saturated heterocycles. The van der Waals surface area contributed by atoms with Gasteiger partial charge in [-0.1, -0.05) is 19.0 Å². The lowest BCUT2D eigenvalue weighted by Gasteiger charge is -2.02. The fraction of sp³-hybridized carbons (Fsp3) is 0.800. The van der Waals surface area contributed by atoms with Crippen LogP contribution in [0.3, 0.4) is 0 Å². The van der Waals surface area contributed by atoms with Crippen LogP contribution in [0.25, 0.3) is 0 Å². The zero-order valence-electron chi connectivity index (χ0n) is 5.26. The van der Waals surface area contributed by atoms with Crippen LogP contribution in [0.2, 0.25) is 0 Å². The molecule has 48 valence electrons. The highest BCUT2D eigenvalue weighted by atomic mass is 16.4. The third kappa shape index (κ3) is 1.82. The summed E-state index contributed by atoms with van der Waals surface area (Å²) in [7, 11) is 0. The lowest BCUT2D eigenvalue weighted by atomic mass is 10.1. The highest BCUT2D eigenvalue weighted by molar-refractivity contribution is 5.81. The van der Waals surface area contributed by atoms with Crippen molar-refractivity contribution in [1.29, 1.82) is 0 Å². The van der Waals surface area contributed by atoms with Crippen LogP contribution in [0, 0.1) is 5.92 Å². The molecule has 0 aliphatic carbocycles. The molecule has 0 radical (unpaired) electrons. The molecule has 0 aliphatic heterocycles. The molecule has 0 saturated carbocycles. The Hall–Kier alpha value is -0.730. The van der Waals surface area contributed by atoms with E-state index in [9.17, 15) is 0 Å². The molecule has 0 amide bonds. The number of hydrogen-bond acceptors (Lipinski definition) is 2. The third-order valence-corrected chi connectivity index (χ3v) is 1.23. The number of amidine groups is 1. The standard InChI is InChI=1S/C5H12N2O/c1-3-4(2)5(6)7-8/h4,8H,3H2,1-2H3,(H2,6,7)/t4-/m0/s1. The highest BCUT2D eigenvalue weighted by Crippen LogP contribution is 1.98. The molecule has 1 atom stereocenters. The minimum Gasteiger partial charge on any atom is -0.409 e. The first-order chi connectivity index (χ1) is 3.72. The van der Waals surface area contributed by atoms with Gasteiger partial charge < -0.3 is 10.9 Å². The van der Waals surface area contributed by atoms with Crippen LogP contribution in [0.1, 0.15) is 20.3 Å². The van der Waals surface area contributed by atoms with Crippen molar-refractivity contribution in [1.82, 2.24) is 0 Å². The van der Waals surface area contributed by atoms with E-state index in [1.165, 1.54) is 0 Å². The van der Waals surface area contributed by atoms with Crippen molar-refractivity contribution in [2.24, 2.45) is 16.8 Å². The minimum atomic E-state index is 0.194. The molecular weight excluding hydrogens is 104 g/mol. The van der Waals surface area contributed by atoms with Gasteiger partial charge >= 0.3 is 0 Å². The van der Waals surface area contributed by atoms with Crippen LogP contribution in [0.5, 0.6) is 0 Å². The molecular formula is C5H12N2O. The number of nitrogens with two attached hydrogens (primary N) is 1. The first-order valence-corrected chi connectivity index (χ1v) is 2.69. The molecule has 8 heavy (non-hydrogen) atoms. The van der Waals surface area contributed by atoms with Gasteiger partial charge in [0.25, 0.3) is 0 Å².